The number of likely N-dealkylation sites (tertiary alicyclic amines) is 1. The van der Waals surface area contributed by atoms with Crippen molar-refractivity contribution in [1.82, 2.24) is 14.9 Å². The lowest BCUT2D eigenvalue weighted by atomic mass is 9.93. The van der Waals surface area contributed by atoms with Crippen LogP contribution in [0.3, 0.4) is 0 Å². The number of halogens is 4. The van der Waals surface area contributed by atoms with Gasteiger partial charge in [-0.15, -0.1) is 0 Å². The van der Waals surface area contributed by atoms with E-state index in [1.807, 2.05) is 0 Å². The first kappa shape index (κ1) is 23.6. The Balaban J connectivity index is 1.44. The van der Waals surface area contributed by atoms with Crippen LogP contribution in [-0.4, -0.2) is 41.6 Å². The van der Waals surface area contributed by atoms with Crippen molar-refractivity contribution < 1.29 is 17.9 Å². The minimum atomic E-state index is -4.57. The number of piperidine rings is 1. The summed E-state index contributed by atoms with van der Waals surface area (Å²) in [5, 5.41) is 0.282. The van der Waals surface area contributed by atoms with Crippen molar-refractivity contribution in [3.8, 4) is 28.4 Å². The number of rotatable bonds is 7. The Morgan fingerprint density at radius 2 is 1.85 bits per heavy atom. The van der Waals surface area contributed by atoms with E-state index in [-0.39, 0.29) is 16.5 Å². The number of aromatic nitrogens is 2. The average Bonchev–Trinajstić information content (AvgIpc) is 3.24. The third-order valence-electron chi connectivity index (χ3n) is 6.09. The van der Waals surface area contributed by atoms with E-state index in [9.17, 15) is 13.2 Å². The number of benzene rings is 2. The lowest BCUT2D eigenvalue weighted by Gasteiger charge is -2.28. The maximum Gasteiger partial charge on any atom is 0.433 e. The van der Waals surface area contributed by atoms with E-state index in [1.54, 1.807) is 48.5 Å². The predicted octanol–water partition coefficient (Wildman–Crippen LogP) is 6.92. The Kier molecular flexibility index (Phi) is 7.29. The number of alkyl halides is 3. The molecule has 0 amide bonds. The predicted molar refractivity (Wildman–Crippen MR) is 124 cm³/mol. The molecule has 0 spiro atoms. The zero-order valence-electron chi connectivity index (χ0n) is 18.5. The molecular formula is C25H27ClF3N3O. The van der Waals surface area contributed by atoms with Crippen LogP contribution in [0.5, 0.6) is 5.75 Å². The van der Waals surface area contributed by atoms with Gasteiger partial charge in [0.2, 0.25) is 0 Å². The molecule has 2 heterocycles. The number of aromatic amines is 1. The maximum absolute atomic E-state index is 13.6. The number of hydrogen-bond donors (Lipinski definition) is 1. The van der Waals surface area contributed by atoms with Gasteiger partial charge in [0.05, 0.1) is 11.6 Å². The van der Waals surface area contributed by atoms with Crippen molar-refractivity contribution in [1.29, 1.82) is 0 Å². The fourth-order valence-corrected chi connectivity index (χ4v) is 4.46. The molecule has 1 N–H and O–H groups in total. The molecule has 1 aliphatic rings. The summed E-state index contributed by atoms with van der Waals surface area (Å²) < 4.78 is 46.7. The van der Waals surface area contributed by atoms with Crippen molar-refractivity contribution in [2.24, 2.45) is 5.92 Å². The molecular weight excluding hydrogens is 451 g/mol. The summed E-state index contributed by atoms with van der Waals surface area (Å²) in [6, 6.07) is 13.3. The highest BCUT2D eigenvalue weighted by atomic mass is 35.5. The smallest absolute Gasteiger partial charge is 0.433 e. The number of nitrogens with one attached hydrogen (secondary N) is 1. The van der Waals surface area contributed by atoms with E-state index >= 15 is 0 Å². The summed E-state index contributed by atoms with van der Waals surface area (Å²) in [5.41, 5.74) is -0.270. The summed E-state index contributed by atoms with van der Waals surface area (Å²) >= 11 is 6.41. The van der Waals surface area contributed by atoms with Gasteiger partial charge >= 0.3 is 6.18 Å². The number of hydrogen-bond acceptors (Lipinski definition) is 3. The van der Waals surface area contributed by atoms with Crippen molar-refractivity contribution in [3.05, 3.63) is 59.2 Å². The van der Waals surface area contributed by atoms with Crippen LogP contribution in [0.2, 0.25) is 5.02 Å². The Morgan fingerprint density at radius 3 is 2.52 bits per heavy atom. The van der Waals surface area contributed by atoms with E-state index in [0.717, 1.165) is 31.8 Å². The highest BCUT2D eigenvalue weighted by Gasteiger charge is 2.37. The lowest BCUT2D eigenvalue weighted by Crippen LogP contribution is -2.30. The van der Waals surface area contributed by atoms with Gasteiger partial charge in [0.1, 0.15) is 23.0 Å². The first-order valence-corrected chi connectivity index (χ1v) is 11.5. The van der Waals surface area contributed by atoms with Crippen molar-refractivity contribution >= 4 is 11.6 Å². The Hall–Kier alpha value is -2.51. The minimum Gasteiger partial charge on any atom is -0.494 e. The molecule has 4 nitrogen and oxygen atoms in total. The Morgan fingerprint density at radius 1 is 1.12 bits per heavy atom. The summed E-state index contributed by atoms with van der Waals surface area (Å²) in [6.07, 6.45) is -0.0222. The average molecular weight is 478 g/mol. The minimum absolute atomic E-state index is 0.0694. The van der Waals surface area contributed by atoms with E-state index < -0.39 is 11.9 Å². The van der Waals surface area contributed by atoms with Gasteiger partial charge in [0.15, 0.2) is 0 Å². The maximum atomic E-state index is 13.6. The number of nitrogens with zero attached hydrogens (tertiary/aromatic N) is 2. The van der Waals surface area contributed by atoms with Crippen molar-refractivity contribution in [3.63, 3.8) is 0 Å². The summed E-state index contributed by atoms with van der Waals surface area (Å²) in [4.78, 5) is 9.02. The number of ether oxygens (including phenoxy) is 1. The molecule has 1 fully saturated rings. The largest absolute Gasteiger partial charge is 0.494 e. The van der Waals surface area contributed by atoms with Gasteiger partial charge in [-0.3, -0.25) is 0 Å². The fourth-order valence-electron chi connectivity index (χ4n) is 4.20. The van der Waals surface area contributed by atoms with Crippen LogP contribution in [-0.2, 0) is 6.18 Å². The fraction of sp³-hybridized carbons (Fsp3) is 0.400. The number of H-pyrrole nitrogens is 1. The monoisotopic (exact) mass is 477 g/mol. The molecule has 4 rings (SSSR count). The molecule has 176 valence electrons. The van der Waals surface area contributed by atoms with Crippen LogP contribution in [0.25, 0.3) is 22.6 Å². The van der Waals surface area contributed by atoms with E-state index in [4.69, 9.17) is 16.3 Å². The third-order valence-corrected chi connectivity index (χ3v) is 6.41. The zero-order valence-corrected chi connectivity index (χ0v) is 19.2. The molecule has 0 atom stereocenters. The van der Waals surface area contributed by atoms with Gasteiger partial charge in [-0.05, 0) is 69.9 Å². The first-order chi connectivity index (χ1) is 15.8. The molecule has 0 bridgehead atoms. The van der Waals surface area contributed by atoms with E-state index in [0.29, 0.717) is 23.5 Å². The molecule has 0 unspecified atom stereocenters. The van der Waals surface area contributed by atoms with Gasteiger partial charge in [0.25, 0.3) is 0 Å². The van der Waals surface area contributed by atoms with Crippen LogP contribution >= 0.6 is 11.6 Å². The van der Waals surface area contributed by atoms with Crippen LogP contribution in [0.4, 0.5) is 13.2 Å². The molecule has 0 aliphatic carbocycles. The van der Waals surface area contributed by atoms with Crippen LogP contribution < -0.4 is 4.74 Å². The SMILES string of the molecule is CN1CCC(CCCOc2ccc(-c3nc(-c4ccccc4)c(C(F)(F)F)[nH]3)c(Cl)c2)CC1. The Labute approximate surface area is 196 Å². The highest BCUT2D eigenvalue weighted by molar-refractivity contribution is 6.33. The van der Waals surface area contributed by atoms with Gasteiger partial charge in [0, 0.05) is 11.1 Å². The van der Waals surface area contributed by atoms with Gasteiger partial charge < -0.3 is 14.6 Å². The van der Waals surface area contributed by atoms with Gasteiger partial charge in [-0.25, -0.2) is 4.98 Å². The summed E-state index contributed by atoms with van der Waals surface area (Å²) in [5.74, 6) is 1.41. The summed E-state index contributed by atoms with van der Waals surface area (Å²) in [6.45, 7) is 2.88. The second-order valence-electron chi connectivity index (χ2n) is 8.55. The molecule has 0 radical (unpaired) electrons. The second-order valence-corrected chi connectivity index (χ2v) is 8.96. The second kappa shape index (κ2) is 10.2. The van der Waals surface area contributed by atoms with Crippen LogP contribution in [0, 0.1) is 5.92 Å². The number of imidazole rings is 1. The molecule has 8 heteroatoms. The van der Waals surface area contributed by atoms with E-state index in [1.165, 1.54) is 12.8 Å². The van der Waals surface area contributed by atoms with Crippen LogP contribution in [0.15, 0.2) is 48.5 Å². The summed E-state index contributed by atoms with van der Waals surface area (Å²) in [7, 11) is 2.15. The zero-order chi connectivity index (χ0) is 23.4. The first-order valence-electron chi connectivity index (χ1n) is 11.1. The Bertz CT molecular complexity index is 1060. The van der Waals surface area contributed by atoms with Gasteiger partial charge in [-0.1, -0.05) is 41.9 Å². The van der Waals surface area contributed by atoms with Crippen molar-refractivity contribution in [2.75, 3.05) is 26.7 Å². The van der Waals surface area contributed by atoms with Crippen LogP contribution in [0.1, 0.15) is 31.4 Å². The van der Waals surface area contributed by atoms with Gasteiger partial charge in [-0.2, -0.15) is 13.2 Å². The van der Waals surface area contributed by atoms with Crippen molar-refractivity contribution in [2.45, 2.75) is 31.9 Å². The molecule has 1 saturated heterocycles. The molecule has 1 aromatic heterocycles. The van der Waals surface area contributed by atoms with E-state index in [2.05, 4.69) is 21.9 Å². The normalized spacial score (nSPS) is 15.7. The molecule has 1 aliphatic heterocycles. The molecule has 3 aromatic rings. The molecule has 33 heavy (non-hydrogen) atoms. The standard InChI is InChI=1S/C25H27ClF3N3O/c1-32-13-11-17(12-14-32)6-5-15-33-19-9-10-20(21(26)16-19)24-30-22(18-7-3-2-4-8-18)23(31-24)25(27,28)29/h2-4,7-10,16-17H,5-6,11-15H2,1H3,(H,30,31). The third kappa shape index (κ3) is 5.89. The highest BCUT2D eigenvalue weighted by Crippen LogP contribution is 2.39. The topological polar surface area (TPSA) is 41.1 Å². The quantitative estimate of drug-likeness (QED) is 0.375. The molecule has 2 aromatic carbocycles. The molecule has 0 saturated carbocycles. The lowest BCUT2D eigenvalue weighted by molar-refractivity contribution is -0.140.